The van der Waals surface area contributed by atoms with Crippen LogP contribution in [0.2, 0.25) is 0 Å². The maximum Gasteiger partial charge on any atom is 0.317 e. The van der Waals surface area contributed by atoms with Gasteiger partial charge in [-0.25, -0.2) is 0 Å². The van der Waals surface area contributed by atoms with E-state index in [9.17, 15) is 19.5 Å². The topological polar surface area (TPSA) is 89.9 Å². The minimum absolute atomic E-state index is 0.163. The number of hydrogen-bond acceptors (Lipinski definition) is 6. The molecule has 4 rings (SSSR count). The average molecular weight is 322 g/mol. The number of esters is 3. The molecule has 6 heteroatoms. The maximum absolute atomic E-state index is 11.9. The average Bonchev–Trinajstić information content (AvgIpc) is 2.92. The molecule has 0 aromatic rings. The number of ether oxygens (including phenoxy) is 2. The molecule has 4 fully saturated rings. The van der Waals surface area contributed by atoms with Crippen LogP contribution < -0.4 is 0 Å². The normalized spacial score (nSPS) is 49.4. The number of hydrogen-bond donors (Lipinski definition) is 1. The highest BCUT2D eigenvalue weighted by molar-refractivity contribution is 5.96. The maximum atomic E-state index is 11.9. The summed E-state index contributed by atoms with van der Waals surface area (Å²) in [6, 6.07) is 0. The van der Waals surface area contributed by atoms with E-state index in [0.717, 1.165) is 25.7 Å². The Labute approximate surface area is 134 Å². The lowest BCUT2D eigenvalue weighted by molar-refractivity contribution is -0.194. The third-order valence-electron chi connectivity index (χ3n) is 6.55. The zero-order valence-electron chi connectivity index (χ0n) is 13.2. The molecule has 23 heavy (non-hydrogen) atoms. The Morgan fingerprint density at radius 2 is 1.48 bits per heavy atom. The third-order valence-corrected chi connectivity index (χ3v) is 6.55. The van der Waals surface area contributed by atoms with Crippen molar-refractivity contribution in [2.45, 2.75) is 51.2 Å². The van der Waals surface area contributed by atoms with Crippen molar-refractivity contribution in [3.05, 3.63) is 0 Å². The molecule has 1 N–H and O–H groups in total. The fourth-order valence-corrected chi connectivity index (χ4v) is 5.28. The van der Waals surface area contributed by atoms with Gasteiger partial charge in [0.15, 0.2) is 0 Å². The van der Waals surface area contributed by atoms with Gasteiger partial charge in [0.2, 0.25) is 5.79 Å². The van der Waals surface area contributed by atoms with Crippen LogP contribution >= 0.6 is 0 Å². The van der Waals surface area contributed by atoms with Crippen molar-refractivity contribution >= 4 is 17.9 Å². The van der Waals surface area contributed by atoms with Crippen molar-refractivity contribution in [3.8, 4) is 0 Å². The summed E-state index contributed by atoms with van der Waals surface area (Å²) < 4.78 is 9.91. The molecule has 126 valence electrons. The molecular weight excluding hydrogens is 300 g/mol. The Kier molecular flexibility index (Phi) is 3.31. The Bertz CT molecular complexity index is 567. The summed E-state index contributed by atoms with van der Waals surface area (Å²) in [7, 11) is 0. The van der Waals surface area contributed by atoms with Gasteiger partial charge < -0.3 is 14.6 Å². The van der Waals surface area contributed by atoms with Crippen LogP contribution in [0.3, 0.4) is 0 Å². The smallest absolute Gasteiger partial charge is 0.317 e. The van der Waals surface area contributed by atoms with Gasteiger partial charge in [0, 0.05) is 12.8 Å². The Morgan fingerprint density at radius 1 is 0.870 bits per heavy atom. The largest absolute Gasteiger partial charge is 0.433 e. The number of carbonyl (C=O) groups excluding carboxylic acids is 3. The van der Waals surface area contributed by atoms with Gasteiger partial charge in [-0.2, -0.15) is 0 Å². The molecule has 0 bridgehead atoms. The molecule has 0 spiro atoms. The van der Waals surface area contributed by atoms with Crippen molar-refractivity contribution in [2.24, 2.45) is 35.5 Å². The van der Waals surface area contributed by atoms with Gasteiger partial charge in [-0.3, -0.25) is 14.4 Å². The molecule has 0 radical (unpaired) electrons. The number of fused-ring (bicyclic) bond motifs is 2. The lowest BCUT2D eigenvalue weighted by Crippen LogP contribution is -2.40. The predicted molar refractivity (Wildman–Crippen MR) is 76.5 cm³/mol. The molecule has 7 atom stereocenters. The van der Waals surface area contributed by atoms with Crippen LogP contribution in [0.1, 0.15) is 45.4 Å². The summed E-state index contributed by atoms with van der Waals surface area (Å²) in [6.45, 7) is 1.57. The first kappa shape index (κ1) is 15.1. The van der Waals surface area contributed by atoms with Crippen LogP contribution in [0.15, 0.2) is 0 Å². The summed E-state index contributed by atoms with van der Waals surface area (Å²) in [5.41, 5.74) is 0. The fourth-order valence-electron chi connectivity index (χ4n) is 5.28. The van der Waals surface area contributed by atoms with E-state index >= 15 is 0 Å². The quantitative estimate of drug-likeness (QED) is 0.580. The minimum atomic E-state index is -1.38. The SMILES string of the molecule is CC1(O)OC(=O)C2CCC(C3CCC4C(=O)OC(=O)C4C3)CC21. The summed E-state index contributed by atoms with van der Waals surface area (Å²) in [5, 5.41) is 10.3. The first-order valence-electron chi connectivity index (χ1n) is 8.57. The Morgan fingerprint density at radius 3 is 2.22 bits per heavy atom. The van der Waals surface area contributed by atoms with Crippen LogP contribution in [0.5, 0.6) is 0 Å². The first-order chi connectivity index (χ1) is 10.9. The van der Waals surface area contributed by atoms with Crippen LogP contribution in [-0.2, 0) is 23.9 Å². The highest BCUT2D eigenvalue weighted by Crippen LogP contribution is 2.51. The Balaban J connectivity index is 1.47. The van der Waals surface area contributed by atoms with E-state index in [4.69, 9.17) is 9.47 Å². The molecule has 2 aliphatic heterocycles. The van der Waals surface area contributed by atoms with Gasteiger partial charge >= 0.3 is 17.9 Å². The van der Waals surface area contributed by atoms with E-state index in [-0.39, 0.29) is 41.6 Å². The molecule has 2 heterocycles. The van der Waals surface area contributed by atoms with Gasteiger partial charge in [-0.05, 0) is 50.4 Å². The second-order valence-electron chi connectivity index (χ2n) is 7.79. The number of carbonyl (C=O) groups is 3. The molecule has 7 unspecified atom stereocenters. The second-order valence-corrected chi connectivity index (χ2v) is 7.79. The molecule has 2 aliphatic carbocycles. The number of cyclic esters (lactones) is 3. The Hall–Kier alpha value is -1.43. The van der Waals surface area contributed by atoms with Gasteiger partial charge in [-0.1, -0.05) is 0 Å². The summed E-state index contributed by atoms with van der Waals surface area (Å²) in [4.78, 5) is 35.3. The van der Waals surface area contributed by atoms with Gasteiger partial charge in [0.25, 0.3) is 0 Å². The molecule has 0 aromatic heterocycles. The second kappa shape index (κ2) is 5.03. The first-order valence-corrected chi connectivity index (χ1v) is 8.57. The molecule has 0 amide bonds. The van der Waals surface area contributed by atoms with Crippen molar-refractivity contribution in [3.63, 3.8) is 0 Å². The van der Waals surface area contributed by atoms with E-state index in [1.807, 2.05) is 0 Å². The monoisotopic (exact) mass is 322 g/mol. The highest BCUT2D eigenvalue weighted by atomic mass is 16.7. The van der Waals surface area contributed by atoms with E-state index in [2.05, 4.69) is 0 Å². The van der Waals surface area contributed by atoms with Gasteiger partial charge in [-0.15, -0.1) is 0 Å². The molecule has 2 saturated heterocycles. The molecule has 2 saturated carbocycles. The summed E-state index contributed by atoms with van der Waals surface area (Å²) >= 11 is 0. The number of aliphatic hydroxyl groups is 1. The highest BCUT2D eigenvalue weighted by Gasteiger charge is 2.56. The van der Waals surface area contributed by atoms with Crippen molar-refractivity contribution in [1.82, 2.24) is 0 Å². The third kappa shape index (κ3) is 2.30. The zero-order chi connectivity index (χ0) is 16.4. The van der Waals surface area contributed by atoms with Crippen molar-refractivity contribution in [1.29, 1.82) is 0 Å². The van der Waals surface area contributed by atoms with Crippen LogP contribution in [0, 0.1) is 35.5 Å². The van der Waals surface area contributed by atoms with Crippen molar-refractivity contribution < 1.29 is 29.0 Å². The van der Waals surface area contributed by atoms with Gasteiger partial charge in [0.05, 0.1) is 17.8 Å². The molecule has 6 nitrogen and oxygen atoms in total. The molecule has 4 aliphatic rings. The lowest BCUT2D eigenvalue weighted by Gasteiger charge is -2.40. The van der Waals surface area contributed by atoms with E-state index in [1.54, 1.807) is 6.92 Å². The van der Waals surface area contributed by atoms with Crippen molar-refractivity contribution in [2.75, 3.05) is 0 Å². The number of rotatable bonds is 1. The fraction of sp³-hybridized carbons (Fsp3) is 0.824. The lowest BCUT2D eigenvalue weighted by atomic mass is 9.63. The predicted octanol–water partition coefficient (Wildman–Crippen LogP) is 1.40. The van der Waals surface area contributed by atoms with E-state index in [0.29, 0.717) is 24.7 Å². The summed E-state index contributed by atoms with van der Waals surface area (Å²) in [5.74, 6) is -2.59. The molecule has 0 aromatic carbocycles. The van der Waals surface area contributed by atoms with E-state index < -0.39 is 5.79 Å². The minimum Gasteiger partial charge on any atom is -0.433 e. The zero-order valence-corrected chi connectivity index (χ0v) is 13.2. The summed E-state index contributed by atoms with van der Waals surface area (Å²) in [6.07, 6.45) is 4.69. The standard InChI is InChI=1S/C17H22O6/c1-17(21)13-7-9(3-5-11(13)16(20)23-17)8-2-4-10-12(6-8)15(19)22-14(10)18/h8-13,21H,2-7H2,1H3. The van der Waals surface area contributed by atoms with Crippen LogP contribution in [0.4, 0.5) is 0 Å². The van der Waals surface area contributed by atoms with Crippen LogP contribution in [-0.4, -0.2) is 28.8 Å². The molecular formula is C17H22O6. The van der Waals surface area contributed by atoms with Gasteiger partial charge in [0.1, 0.15) is 0 Å². The van der Waals surface area contributed by atoms with Crippen LogP contribution in [0.25, 0.3) is 0 Å². The van der Waals surface area contributed by atoms with E-state index in [1.165, 1.54) is 0 Å².